The second kappa shape index (κ2) is 16.8. The summed E-state index contributed by atoms with van der Waals surface area (Å²) in [5.41, 5.74) is 47.5. The third kappa shape index (κ3) is 12.7. The van der Waals surface area contributed by atoms with Crippen LogP contribution in [-0.2, 0) is 9.59 Å². The molecule has 18 N–H and O–H groups in total. The number of rotatable bonds is 12. The first-order valence-electron chi connectivity index (χ1n) is 13.5. The molecule has 0 radical (unpaired) electrons. The van der Waals surface area contributed by atoms with E-state index in [0.29, 0.717) is 56.5 Å². The van der Waals surface area contributed by atoms with Crippen LogP contribution in [0.3, 0.4) is 0 Å². The fraction of sp³-hybridized carbons (Fsp3) is 0.185. The van der Waals surface area contributed by atoms with Crippen LogP contribution in [-0.4, -0.2) is 58.5 Å². The molecule has 0 unspecified atom stereocenters. The smallest absolute Gasteiger partial charge is 0.233 e. The lowest BCUT2D eigenvalue weighted by molar-refractivity contribution is -0.123. The van der Waals surface area contributed by atoms with Crippen LogP contribution in [0.25, 0.3) is 0 Å². The SMILES string of the molecule is C/C(=N/N=C(N)N)c1cc(NC(=O)CC(=O)Nc2cc(/C(C)=N\N=C(N)N)cc(/C(C)=N/N=C(N)N)c2)cc(/C(C)=N/N=C(N)N)c1. The molecule has 20 nitrogen and oxygen atoms in total. The van der Waals surface area contributed by atoms with Gasteiger partial charge in [-0.05, 0) is 64.1 Å². The first-order valence-corrected chi connectivity index (χ1v) is 13.5. The Balaban J connectivity index is 2.40. The average molecular weight is 647 g/mol. The van der Waals surface area contributed by atoms with Crippen LogP contribution < -0.4 is 56.5 Å². The molecule has 2 amide bonds. The number of nitrogens with one attached hydrogen (secondary N) is 2. The van der Waals surface area contributed by atoms with Gasteiger partial charge in [-0.2, -0.15) is 20.4 Å². The van der Waals surface area contributed by atoms with Crippen LogP contribution >= 0.6 is 0 Å². The second-order valence-electron chi connectivity index (χ2n) is 9.71. The number of anilines is 2. The molecule has 0 aliphatic heterocycles. The van der Waals surface area contributed by atoms with E-state index in [1.807, 2.05) is 0 Å². The van der Waals surface area contributed by atoms with E-state index in [0.717, 1.165) is 0 Å². The Labute approximate surface area is 269 Å². The first kappa shape index (κ1) is 36.3. The Morgan fingerprint density at radius 3 is 0.894 bits per heavy atom. The van der Waals surface area contributed by atoms with E-state index in [4.69, 9.17) is 45.9 Å². The van der Waals surface area contributed by atoms with Crippen LogP contribution in [0, 0.1) is 0 Å². The summed E-state index contributed by atoms with van der Waals surface area (Å²) in [4.78, 5) is 26.0. The fourth-order valence-electron chi connectivity index (χ4n) is 3.55. The van der Waals surface area contributed by atoms with E-state index >= 15 is 0 Å². The van der Waals surface area contributed by atoms with E-state index in [-0.39, 0.29) is 23.8 Å². The predicted molar refractivity (Wildman–Crippen MR) is 187 cm³/mol. The molecule has 0 atom stereocenters. The minimum Gasteiger partial charge on any atom is -0.369 e. The van der Waals surface area contributed by atoms with Crippen molar-refractivity contribution < 1.29 is 9.59 Å². The average Bonchev–Trinajstić information content (AvgIpc) is 2.99. The van der Waals surface area contributed by atoms with Gasteiger partial charge in [0, 0.05) is 33.6 Å². The van der Waals surface area contributed by atoms with Gasteiger partial charge < -0.3 is 56.5 Å². The quantitative estimate of drug-likeness (QED) is 0.0558. The van der Waals surface area contributed by atoms with Crippen molar-refractivity contribution in [1.82, 2.24) is 0 Å². The van der Waals surface area contributed by atoms with Crippen LogP contribution in [0.4, 0.5) is 11.4 Å². The van der Waals surface area contributed by atoms with Crippen molar-refractivity contribution in [2.45, 2.75) is 34.1 Å². The standard InChI is InChI=1S/C27H38N18O2/c1-12(38-42-24(28)29)16-5-17(13(2)39-43-25(30)31)8-20(7-16)36-22(46)11-23(47)37-21-9-18(14(3)40-44-26(32)33)6-19(10-21)15(4)41-45-27(34)35/h5-10H,11H2,1-4H3,(H,36,46)(H,37,47)(H4,28,29,42)(H4,30,31,43)(H4,32,33,44)(H4,34,35,45)/b38-12-,39-13+,40-14-,41-15+. The Morgan fingerprint density at radius 2 is 0.681 bits per heavy atom. The van der Waals surface area contributed by atoms with E-state index in [1.165, 1.54) is 0 Å². The number of amides is 2. The summed E-state index contributed by atoms with van der Waals surface area (Å²) >= 11 is 0. The number of guanidine groups is 4. The van der Waals surface area contributed by atoms with E-state index in [9.17, 15) is 9.59 Å². The maximum Gasteiger partial charge on any atom is 0.233 e. The number of nitrogens with zero attached hydrogens (tertiary/aromatic N) is 8. The summed E-state index contributed by atoms with van der Waals surface area (Å²) in [6.45, 7) is 6.62. The molecule has 0 spiro atoms. The molecule has 20 heteroatoms. The molecule has 0 bridgehead atoms. The van der Waals surface area contributed by atoms with Crippen LogP contribution in [0.5, 0.6) is 0 Å². The topological polar surface area (TPSA) is 365 Å². The van der Waals surface area contributed by atoms with Gasteiger partial charge in [0.05, 0.1) is 22.8 Å². The van der Waals surface area contributed by atoms with Crippen LogP contribution in [0.15, 0.2) is 77.2 Å². The highest BCUT2D eigenvalue weighted by atomic mass is 16.2. The van der Waals surface area contributed by atoms with Crippen molar-refractivity contribution in [2.75, 3.05) is 10.6 Å². The normalized spacial score (nSPS) is 12.0. The van der Waals surface area contributed by atoms with Gasteiger partial charge in [0.1, 0.15) is 6.42 Å². The lowest BCUT2D eigenvalue weighted by Crippen LogP contribution is -2.22. The Kier molecular flexibility index (Phi) is 13.0. The zero-order chi connectivity index (χ0) is 35.3. The molecule has 0 aliphatic rings. The highest BCUT2D eigenvalue weighted by Gasteiger charge is 2.15. The van der Waals surface area contributed by atoms with Gasteiger partial charge in [0.25, 0.3) is 0 Å². The van der Waals surface area contributed by atoms with Crippen molar-refractivity contribution in [2.24, 2.45) is 86.7 Å². The molecular formula is C27H38N18O2. The zero-order valence-electron chi connectivity index (χ0n) is 26.2. The maximum absolute atomic E-state index is 13.0. The summed E-state index contributed by atoms with van der Waals surface area (Å²) < 4.78 is 0. The number of carbonyl (C=O) groups excluding carboxylic acids is 2. The monoisotopic (exact) mass is 646 g/mol. The second-order valence-corrected chi connectivity index (χ2v) is 9.71. The van der Waals surface area contributed by atoms with Gasteiger partial charge in [0.2, 0.25) is 35.7 Å². The summed E-state index contributed by atoms with van der Waals surface area (Å²) in [5.74, 6) is -2.22. The largest absolute Gasteiger partial charge is 0.369 e. The highest BCUT2D eigenvalue weighted by molar-refractivity contribution is 6.11. The lowest BCUT2D eigenvalue weighted by atomic mass is 10.0. The van der Waals surface area contributed by atoms with Crippen molar-refractivity contribution in [1.29, 1.82) is 0 Å². The molecular weight excluding hydrogens is 608 g/mol. The molecule has 0 aliphatic carbocycles. The van der Waals surface area contributed by atoms with Gasteiger partial charge in [0.15, 0.2) is 0 Å². The molecule has 2 rings (SSSR count). The number of nitrogens with two attached hydrogens (primary N) is 8. The van der Waals surface area contributed by atoms with Gasteiger partial charge in [-0.1, -0.05) is 0 Å². The van der Waals surface area contributed by atoms with Crippen molar-refractivity contribution in [3.63, 3.8) is 0 Å². The summed E-state index contributed by atoms with van der Waals surface area (Å²) in [7, 11) is 0. The van der Waals surface area contributed by atoms with Crippen molar-refractivity contribution >= 4 is 69.9 Å². The molecule has 2 aromatic rings. The fourth-order valence-corrected chi connectivity index (χ4v) is 3.55. The summed E-state index contributed by atoms with van der Waals surface area (Å²) in [5, 5.41) is 35.9. The maximum atomic E-state index is 13.0. The number of carbonyl (C=O) groups is 2. The molecule has 0 aromatic heterocycles. The van der Waals surface area contributed by atoms with Crippen molar-refractivity contribution in [3.05, 3.63) is 58.7 Å². The molecule has 47 heavy (non-hydrogen) atoms. The zero-order valence-corrected chi connectivity index (χ0v) is 26.2. The Morgan fingerprint density at radius 1 is 0.447 bits per heavy atom. The highest BCUT2D eigenvalue weighted by Crippen LogP contribution is 2.20. The molecule has 0 heterocycles. The van der Waals surface area contributed by atoms with Crippen LogP contribution in [0.2, 0.25) is 0 Å². The molecule has 248 valence electrons. The molecule has 0 fully saturated rings. The van der Waals surface area contributed by atoms with Crippen molar-refractivity contribution in [3.8, 4) is 0 Å². The van der Waals surface area contributed by atoms with Gasteiger partial charge in [-0.25, -0.2) is 0 Å². The Hall–Kier alpha value is -6.86. The minimum atomic E-state index is -0.629. The van der Waals surface area contributed by atoms with E-state index < -0.39 is 18.2 Å². The van der Waals surface area contributed by atoms with E-state index in [2.05, 4.69) is 51.4 Å². The first-order chi connectivity index (χ1) is 22.0. The van der Waals surface area contributed by atoms with Crippen LogP contribution in [0.1, 0.15) is 56.4 Å². The third-order valence-electron chi connectivity index (χ3n) is 5.69. The van der Waals surface area contributed by atoms with E-state index in [1.54, 1.807) is 64.1 Å². The molecule has 0 saturated carbocycles. The third-order valence-corrected chi connectivity index (χ3v) is 5.69. The molecule has 2 aromatic carbocycles. The van der Waals surface area contributed by atoms with Gasteiger partial charge >= 0.3 is 0 Å². The van der Waals surface area contributed by atoms with Gasteiger partial charge in [-0.3, -0.25) is 9.59 Å². The number of hydrogen-bond acceptors (Lipinski definition) is 10. The Bertz CT molecular complexity index is 1520. The molecule has 0 saturated heterocycles. The summed E-state index contributed by atoms with van der Waals surface area (Å²) in [6, 6.07) is 9.88. The van der Waals surface area contributed by atoms with Gasteiger partial charge in [-0.15, -0.1) is 20.4 Å². The summed E-state index contributed by atoms with van der Waals surface area (Å²) in [6.07, 6.45) is -0.552. The number of hydrogen-bond donors (Lipinski definition) is 10. The number of benzene rings is 2. The predicted octanol–water partition coefficient (Wildman–Crippen LogP) is -1.36. The lowest BCUT2D eigenvalue weighted by Gasteiger charge is -2.12. The minimum absolute atomic E-state index is 0.240.